The fourth-order valence-electron chi connectivity index (χ4n) is 2.35. The van der Waals surface area contributed by atoms with Gasteiger partial charge in [0.2, 0.25) is 5.91 Å². The van der Waals surface area contributed by atoms with E-state index >= 15 is 0 Å². The van der Waals surface area contributed by atoms with Gasteiger partial charge in [-0.2, -0.15) is 0 Å². The Balaban J connectivity index is 0.00000288. The van der Waals surface area contributed by atoms with Gasteiger partial charge in [-0.05, 0) is 24.4 Å². The predicted molar refractivity (Wildman–Crippen MR) is 102 cm³/mol. The number of halogens is 1. The number of amides is 1. The SMILES string of the molecule is COc1ccccc1CN(Cc1cccs1)C(=O)C(C)C(C)N.Cl. The Morgan fingerprint density at radius 2 is 1.92 bits per heavy atom. The maximum absolute atomic E-state index is 12.8. The molecule has 0 bridgehead atoms. The number of nitrogens with zero attached hydrogens (tertiary/aromatic N) is 1. The van der Waals surface area contributed by atoms with Crippen LogP contribution in [0.5, 0.6) is 5.75 Å². The summed E-state index contributed by atoms with van der Waals surface area (Å²) < 4.78 is 5.41. The minimum absolute atomic E-state index is 0. The number of methoxy groups -OCH3 is 1. The molecule has 6 heteroatoms. The summed E-state index contributed by atoms with van der Waals surface area (Å²) in [4.78, 5) is 15.8. The molecule has 0 saturated carbocycles. The first kappa shape index (κ1) is 20.5. The lowest BCUT2D eigenvalue weighted by Gasteiger charge is -2.27. The lowest BCUT2D eigenvalue weighted by molar-refractivity contribution is -0.136. The lowest BCUT2D eigenvalue weighted by atomic mass is 10.0. The normalized spacial score (nSPS) is 12.8. The van der Waals surface area contributed by atoms with E-state index in [1.165, 1.54) is 0 Å². The Morgan fingerprint density at radius 1 is 1.21 bits per heavy atom. The molecule has 1 aromatic heterocycles. The second-order valence-corrected chi connectivity index (χ2v) is 6.77. The summed E-state index contributed by atoms with van der Waals surface area (Å²) >= 11 is 1.65. The number of hydrogen-bond acceptors (Lipinski definition) is 4. The Labute approximate surface area is 154 Å². The van der Waals surface area contributed by atoms with Gasteiger partial charge >= 0.3 is 0 Å². The topological polar surface area (TPSA) is 55.6 Å². The van der Waals surface area contributed by atoms with Crippen molar-refractivity contribution in [2.75, 3.05) is 7.11 Å². The average molecular weight is 369 g/mol. The van der Waals surface area contributed by atoms with E-state index < -0.39 is 0 Å². The Hall–Kier alpha value is -1.56. The predicted octanol–water partition coefficient (Wildman–Crippen LogP) is 3.69. The van der Waals surface area contributed by atoms with E-state index in [0.29, 0.717) is 13.1 Å². The smallest absolute Gasteiger partial charge is 0.227 e. The van der Waals surface area contributed by atoms with E-state index in [1.807, 2.05) is 60.5 Å². The summed E-state index contributed by atoms with van der Waals surface area (Å²) in [6.45, 7) is 4.86. The Morgan fingerprint density at radius 3 is 2.50 bits per heavy atom. The van der Waals surface area contributed by atoms with Crippen molar-refractivity contribution in [1.29, 1.82) is 0 Å². The number of rotatable bonds is 7. The highest BCUT2D eigenvalue weighted by molar-refractivity contribution is 7.09. The molecule has 2 N–H and O–H groups in total. The molecule has 0 spiro atoms. The second kappa shape index (κ2) is 9.67. The van der Waals surface area contributed by atoms with Crippen molar-refractivity contribution in [3.63, 3.8) is 0 Å². The highest BCUT2D eigenvalue weighted by Crippen LogP contribution is 2.23. The zero-order valence-electron chi connectivity index (χ0n) is 14.3. The van der Waals surface area contributed by atoms with Gasteiger partial charge in [0, 0.05) is 23.0 Å². The molecule has 1 heterocycles. The maximum Gasteiger partial charge on any atom is 0.227 e. The van der Waals surface area contributed by atoms with Gasteiger partial charge in [0.15, 0.2) is 0 Å². The summed E-state index contributed by atoms with van der Waals surface area (Å²) in [5.74, 6) is 0.647. The quantitative estimate of drug-likeness (QED) is 0.810. The fourth-order valence-corrected chi connectivity index (χ4v) is 3.07. The van der Waals surface area contributed by atoms with Crippen molar-refractivity contribution in [3.05, 3.63) is 52.2 Å². The minimum Gasteiger partial charge on any atom is -0.496 e. The standard InChI is InChI=1S/C18H24N2O2S.ClH/c1-13(14(2)19)18(21)20(12-16-8-6-10-23-16)11-15-7-4-5-9-17(15)22-3;/h4-10,13-14H,11-12,19H2,1-3H3;1H. The van der Waals surface area contributed by atoms with E-state index in [1.54, 1.807) is 18.4 Å². The van der Waals surface area contributed by atoms with Gasteiger partial charge in [-0.3, -0.25) is 4.79 Å². The van der Waals surface area contributed by atoms with Crippen molar-refractivity contribution < 1.29 is 9.53 Å². The van der Waals surface area contributed by atoms with Crippen LogP contribution in [0.15, 0.2) is 41.8 Å². The summed E-state index contributed by atoms with van der Waals surface area (Å²) in [5.41, 5.74) is 6.92. The molecule has 1 aromatic carbocycles. The molecule has 0 aliphatic carbocycles. The molecule has 2 atom stereocenters. The molecule has 24 heavy (non-hydrogen) atoms. The van der Waals surface area contributed by atoms with Crippen LogP contribution in [-0.2, 0) is 17.9 Å². The lowest BCUT2D eigenvalue weighted by Crippen LogP contribution is -2.41. The van der Waals surface area contributed by atoms with Crippen LogP contribution < -0.4 is 10.5 Å². The van der Waals surface area contributed by atoms with Crippen LogP contribution in [-0.4, -0.2) is 24.0 Å². The summed E-state index contributed by atoms with van der Waals surface area (Å²) in [6.07, 6.45) is 0. The number of carbonyl (C=O) groups is 1. The van der Waals surface area contributed by atoms with Gasteiger partial charge < -0.3 is 15.4 Å². The molecular formula is C18H25ClN2O2S. The van der Waals surface area contributed by atoms with Gasteiger partial charge in [-0.25, -0.2) is 0 Å². The Bertz CT molecular complexity index is 632. The van der Waals surface area contributed by atoms with Crippen LogP contribution in [0.25, 0.3) is 0 Å². The van der Waals surface area contributed by atoms with E-state index in [9.17, 15) is 4.79 Å². The molecule has 132 valence electrons. The highest BCUT2D eigenvalue weighted by atomic mass is 35.5. The largest absolute Gasteiger partial charge is 0.496 e. The van der Waals surface area contributed by atoms with Crippen molar-refractivity contribution in [2.24, 2.45) is 11.7 Å². The maximum atomic E-state index is 12.8. The summed E-state index contributed by atoms with van der Waals surface area (Å²) in [6, 6.07) is 11.7. The second-order valence-electron chi connectivity index (χ2n) is 5.73. The summed E-state index contributed by atoms with van der Waals surface area (Å²) in [5, 5.41) is 2.02. The molecule has 2 aromatic rings. The van der Waals surface area contributed by atoms with Crippen molar-refractivity contribution in [1.82, 2.24) is 4.90 Å². The van der Waals surface area contributed by atoms with E-state index in [0.717, 1.165) is 16.2 Å². The fraction of sp³-hybridized carbons (Fsp3) is 0.389. The Kier molecular flexibility index (Phi) is 8.25. The molecule has 0 fully saturated rings. The number of benzene rings is 1. The molecule has 1 amide bonds. The monoisotopic (exact) mass is 368 g/mol. The zero-order valence-corrected chi connectivity index (χ0v) is 15.9. The molecule has 2 rings (SSSR count). The van der Waals surface area contributed by atoms with E-state index in [-0.39, 0.29) is 30.3 Å². The minimum atomic E-state index is -0.218. The average Bonchev–Trinajstić information content (AvgIpc) is 3.06. The summed E-state index contributed by atoms with van der Waals surface area (Å²) in [7, 11) is 1.65. The van der Waals surface area contributed by atoms with Gasteiger partial charge in [-0.1, -0.05) is 31.2 Å². The molecule has 0 radical (unpaired) electrons. The van der Waals surface area contributed by atoms with Crippen molar-refractivity contribution in [3.8, 4) is 5.75 Å². The molecule has 2 unspecified atom stereocenters. The number of para-hydroxylation sites is 1. The molecular weight excluding hydrogens is 344 g/mol. The third-order valence-corrected chi connectivity index (χ3v) is 4.83. The van der Waals surface area contributed by atoms with Crippen LogP contribution in [0.3, 0.4) is 0 Å². The third kappa shape index (κ3) is 5.23. The van der Waals surface area contributed by atoms with E-state index in [4.69, 9.17) is 10.5 Å². The third-order valence-electron chi connectivity index (χ3n) is 3.97. The van der Waals surface area contributed by atoms with E-state index in [2.05, 4.69) is 0 Å². The van der Waals surface area contributed by atoms with Gasteiger partial charge in [0.05, 0.1) is 19.6 Å². The number of carbonyl (C=O) groups excluding carboxylic acids is 1. The molecule has 4 nitrogen and oxygen atoms in total. The van der Waals surface area contributed by atoms with Crippen molar-refractivity contribution >= 4 is 29.7 Å². The van der Waals surface area contributed by atoms with Crippen LogP contribution in [0, 0.1) is 5.92 Å². The van der Waals surface area contributed by atoms with Gasteiger partial charge in [0.25, 0.3) is 0 Å². The zero-order chi connectivity index (χ0) is 16.8. The first-order chi connectivity index (χ1) is 11.0. The first-order valence-electron chi connectivity index (χ1n) is 7.71. The van der Waals surface area contributed by atoms with Crippen LogP contribution in [0.1, 0.15) is 24.3 Å². The number of nitrogens with two attached hydrogens (primary N) is 1. The number of hydrogen-bond donors (Lipinski definition) is 1. The highest BCUT2D eigenvalue weighted by Gasteiger charge is 2.24. The molecule has 0 aliphatic heterocycles. The first-order valence-corrected chi connectivity index (χ1v) is 8.59. The van der Waals surface area contributed by atoms with Crippen LogP contribution in [0.2, 0.25) is 0 Å². The molecule has 0 saturated heterocycles. The number of thiophene rings is 1. The van der Waals surface area contributed by atoms with Gasteiger partial charge in [0.1, 0.15) is 5.75 Å². The number of ether oxygens (including phenoxy) is 1. The molecule has 0 aliphatic rings. The van der Waals surface area contributed by atoms with Crippen molar-refractivity contribution in [2.45, 2.75) is 33.0 Å². The van der Waals surface area contributed by atoms with Gasteiger partial charge in [-0.15, -0.1) is 23.7 Å². The van der Waals surface area contributed by atoms with Crippen LogP contribution >= 0.6 is 23.7 Å². The van der Waals surface area contributed by atoms with Crippen LogP contribution in [0.4, 0.5) is 0 Å².